The summed E-state index contributed by atoms with van der Waals surface area (Å²) in [6.45, 7) is 6.80. The Morgan fingerprint density at radius 3 is 2.00 bits per heavy atom. The molecule has 0 atom stereocenters. The minimum atomic E-state index is -1.19. The third-order valence-corrected chi connectivity index (χ3v) is 0.571. The Morgan fingerprint density at radius 2 is 2.00 bits per heavy atom. The van der Waals surface area contributed by atoms with Gasteiger partial charge in [0.05, 0.1) is 0 Å². The molecule has 61 valence electrons. The van der Waals surface area contributed by atoms with Crippen LogP contribution in [-0.4, -0.2) is 18.6 Å². The van der Waals surface area contributed by atoms with E-state index in [1.165, 1.54) is 13.0 Å². The minimum absolute atomic E-state index is 0.0648. The van der Waals surface area contributed by atoms with Gasteiger partial charge >= 0.3 is 5.97 Å². The molecule has 0 fully saturated rings. The molecule has 0 N–H and O–H groups in total. The van der Waals surface area contributed by atoms with Crippen molar-refractivity contribution in [2.45, 2.75) is 13.8 Å². The molecule has 1 radical (unpaired) electrons. The lowest BCUT2D eigenvalue weighted by Gasteiger charge is -1.74. The highest BCUT2D eigenvalue weighted by Gasteiger charge is 1.94. The Bertz CT molecular complexity index is 168. The van der Waals surface area contributed by atoms with Gasteiger partial charge in [-0.3, -0.25) is 0 Å². The number of isocyanates is 1. The van der Waals surface area contributed by atoms with E-state index < -0.39 is 5.97 Å². The number of hydrogen-bond donors (Lipinski definition) is 0. The summed E-state index contributed by atoms with van der Waals surface area (Å²) >= 11 is 0. The minimum Gasteiger partial charge on any atom is -0.242 e. The summed E-state index contributed by atoms with van der Waals surface area (Å²) in [5.41, 5.74) is 0.0648. The smallest absolute Gasteiger partial charge is 0.242 e. The lowest BCUT2D eigenvalue weighted by molar-refractivity contribution is -0.138. The van der Waals surface area contributed by atoms with Crippen molar-refractivity contribution >= 4 is 12.0 Å². The van der Waals surface area contributed by atoms with Crippen LogP contribution in [0.15, 0.2) is 17.1 Å². The maximum Gasteiger partial charge on any atom is 0.381 e. The van der Waals surface area contributed by atoms with Crippen LogP contribution >= 0.6 is 0 Å². The maximum absolute atomic E-state index is 9.49. The van der Waals surface area contributed by atoms with Crippen LogP contribution in [0.2, 0.25) is 0 Å². The lowest BCUT2D eigenvalue weighted by atomic mass is 10.4. The fraction of sp³-hybridized carbons (Fsp3) is 0.429. The van der Waals surface area contributed by atoms with Crippen LogP contribution < -0.4 is 0 Å². The second kappa shape index (κ2) is 8.59. The topological polar surface area (TPSA) is 66.4 Å². The fourth-order valence-corrected chi connectivity index (χ4v) is 0.0645. The molecule has 0 saturated carbocycles. The first-order valence-electron chi connectivity index (χ1n) is 2.96. The van der Waals surface area contributed by atoms with E-state index in [1.807, 2.05) is 0 Å². The van der Waals surface area contributed by atoms with Crippen molar-refractivity contribution in [3.63, 3.8) is 0 Å². The number of hydrogen-bond acceptors (Lipinski definition) is 3. The molecule has 0 rings (SSSR count). The first-order chi connectivity index (χ1) is 5.06. The van der Waals surface area contributed by atoms with Crippen molar-refractivity contribution in [1.82, 2.24) is 0 Å². The SMILES string of the molecule is C=C(C)C([O])=O.CCN=C=O. The molecule has 0 bridgehead atoms. The molecule has 0 aliphatic rings. The number of carbonyl (C=O) groups is 1. The molecule has 0 amide bonds. The predicted octanol–water partition coefficient (Wildman–Crippen LogP) is 0.862. The maximum atomic E-state index is 9.49. The van der Waals surface area contributed by atoms with Gasteiger partial charge in [-0.1, -0.05) is 6.58 Å². The predicted molar refractivity (Wildman–Crippen MR) is 39.2 cm³/mol. The molecule has 0 spiro atoms. The van der Waals surface area contributed by atoms with E-state index in [4.69, 9.17) is 4.79 Å². The van der Waals surface area contributed by atoms with Crippen LogP contribution in [0.3, 0.4) is 0 Å². The van der Waals surface area contributed by atoms with Gasteiger partial charge in [-0.2, -0.15) is 0 Å². The standard InChI is InChI=1S/C4H5O2.C3H5NO/c1-3(2)4(5)6;1-2-4-3-5/h1H2,2H3;2H2,1H3. The van der Waals surface area contributed by atoms with Gasteiger partial charge in [0, 0.05) is 12.1 Å². The quantitative estimate of drug-likeness (QED) is 0.338. The van der Waals surface area contributed by atoms with E-state index >= 15 is 0 Å². The summed E-state index contributed by atoms with van der Waals surface area (Å²) in [6.07, 6.45) is 1.39. The van der Waals surface area contributed by atoms with Crippen molar-refractivity contribution < 1.29 is 14.7 Å². The second-order valence-corrected chi connectivity index (χ2v) is 1.63. The van der Waals surface area contributed by atoms with E-state index in [1.54, 1.807) is 6.92 Å². The zero-order valence-electron chi connectivity index (χ0n) is 6.59. The largest absolute Gasteiger partial charge is 0.381 e. The normalized spacial score (nSPS) is 6.73. The van der Waals surface area contributed by atoms with Gasteiger partial charge in [-0.05, 0) is 13.8 Å². The monoisotopic (exact) mass is 156 g/mol. The second-order valence-electron chi connectivity index (χ2n) is 1.63. The molecule has 0 saturated heterocycles. The van der Waals surface area contributed by atoms with Crippen molar-refractivity contribution in [2.75, 3.05) is 6.54 Å². The van der Waals surface area contributed by atoms with Gasteiger partial charge in [-0.15, -0.1) is 0 Å². The summed E-state index contributed by atoms with van der Waals surface area (Å²) in [5, 5.41) is 9.49. The highest BCUT2D eigenvalue weighted by atomic mass is 16.4. The molecule has 0 aromatic rings. The van der Waals surface area contributed by atoms with Crippen molar-refractivity contribution in [3.8, 4) is 0 Å². The van der Waals surface area contributed by atoms with Gasteiger partial charge in [0.2, 0.25) is 6.08 Å². The highest BCUT2D eigenvalue weighted by molar-refractivity contribution is 5.84. The summed E-state index contributed by atoms with van der Waals surface area (Å²) < 4.78 is 0. The van der Waals surface area contributed by atoms with Crippen LogP contribution in [0.4, 0.5) is 0 Å². The number of carbonyl (C=O) groups excluding carboxylic acids is 2. The molecular formula is C7H10NO3. The van der Waals surface area contributed by atoms with Gasteiger partial charge in [0.1, 0.15) is 0 Å². The third-order valence-electron chi connectivity index (χ3n) is 0.571. The summed E-state index contributed by atoms with van der Waals surface area (Å²) in [6, 6.07) is 0. The van der Waals surface area contributed by atoms with Crippen LogP contribution in [0.1, 0.15) is 13.8 Å². The molecule has 4 nitrogen and oxygen atoms in total. The zero-order valence-corrected chi connectivity index (χ0v) is 6.59. The molecule has 0 heterocycles. The van der Waals surface area contributed by atoms with E-state index in [0.717, 1.165) is 0 Å². The molecule has 11 heavy (non-hydrogen) atoms. The number of aliphatic imine (C=N–C) groups is 1. The van der Waals surface area contributed by atoms with Gasteiger partial charge in [-0.25, -0.2) is 19.7 Å². The van der Waals surface area contributed by atoms with Crippen molar-refractivity contribution in [3.05, 3.63) is 12.2 Å². The Labute approximate surface area is 65.3 Å². The third kappa shape index (κ3) is 17.7. The molecule has 0 aromatic carbocycles. The Morgan fingerprint density at radius 1 is 1.64 bits per heavy atom. The first-order valence-corrected chi connectivity index (χ1v) is 2.96. The van der Waals surface area contributed by atoms with E-state index in [2.05, 4.69) is 11.6 Å². The van der Waals surface area contributed by atoms with Gasteiger partial charge in [0.25, 0.3) is 0 Å². The average Bonchev–Trinajstić information content (AvgIpc) is 1.90. The van der Waals surface area contributed by atoms with Crippen molar-refractivity contribution in [1.29, 1.82) is 0 Å². The Balaban J connectivity index is 0. The molecule has 0 aliphatic carbocycles. The molecular weight excluding hydrogens is 146 g/mol. The molecule has 0 aliphatic heterocycles. The van der Waals surface area contributed by atoms with E-state index in [9.17, 15) is 9.90 Å². The van der Waals surface area contributed by atoms with E-state index in [0.29, 0.717) is 6.54 Å². The van der Waals surface area contributed by atoms with Crippen LogP contribution in [-0.2, 0) is 14.7 Å². The van der Waals surface area contributed by atoms with E-state index in [-0.39, 0.29) is 5.57 Å². The molecule has 4 heteroatoms. The zero-order chi connectivity index (χ0) is 9.28. The van der Waals surface area contributed by atoms with Crippen molar-refractivity contribution in [2.24, 2.45) is 4.99 Å². The average molecular weight is 156 g/mol. The highest BCUT2D eigenvalue weighted by Crippen LogP contribution is 1.82. The van der Waals surface area contributed by atoms with Gasteiger partial charge < -0.3 is 0 Å². The Kier molecular flexibility index (Phi) is 9.59. The summed E-state index contributed by atoms with van der Waals surface area (Å²) in [7, 11) is 0. The van der Waals surface area contributed by atoms with Gasteiger partial charge in [0.15, 0.2) is 0 Å². The number of nitrogens with zero attached hydrogens (tertiary/aromatic N) is 1. The Hall–Kier alpha value is -1.41. The van der Waals surface area contributed by atoms with Crippen LogP contribution in [0.5, 0.6) is 0 Å². The summed E-state index contributed by atoms with van der Waals surface area (Å²) in [4.78, 5) is 21.8. The van der Waals surface area contributed by atoms with Crippen LogP contribution in [0, 0.1) is 0 Å². The lowest BCUT2D eigenvalue weighted by Crippen LogP contribution is -1.89. The molecule has 0 aromatic heterocycles. The van der Waals surface area contributed by atoms with Crippen LogP contribution in [0.25, 0.3) is 0 Å². The number of rotatable bonds is 2. The summed E-state index contributed by atoms with van der Waals surface area (Å²) in [5.74, 6) is -1.19. The fourth-order valence-electron chi connectivity index (χ4n) is 0.0645. The first kappa shape index (κ1) is 12.3. The molecule has 0 unspecified atom stereocenters.